The number of nitrogens with zero attached hydrogens (tertiary/aromatic N) is 2. The standard InChI is InChI=1S/C21H17F3N4O4/c22-21(23,24)17(11-5-7-25-8-6-11)27-18(30)12-1-2-14-13(9-12)10-28(20(14)32)15-3-4-16(29)26-19(15)31/h1-2,5-9,15,17H,3-4,10H2,(H,27,30)(H,26,29,31)/t15?,17-/m1/s1. The predicted octanol–water partition coefficient (Wildman–Crippen LogP) is 1.88. The summed E-state index contributed by atoms with van der Waals surface area (Å²) in [6.45, 7) is 0.00855. The minimum atomic E-state index is -4.73. The average Bonchev–Trinajstić information content (AvgIpc) is 3.07. The molecule has 1 fully saturated rings. The highest BCUT2D eigenvalue weighted by Gasteiger charge is 2.43. The summed E-state index contributed by atoms with van der Waals surface area (Å²) < 4.78 is 40.6. The molecule has 0 saturated carbocycles. The molecule has 3 heterocycles. The molecule has 2 atom stereocenters. The van der Waals surface area contributed by atoms with Crippen LogP contribution in [-0.2, 0) is 16.1 Å². The van der Waals surface area contributed by atoms with Gasteiger partial charge in [0.25, 0.3) is 11.8 Å². The zero-order valence-corrected chi connectivity index (χ0v) is 16.5. The van der Waals surface area contributed by atoms with Crippen LogP contribution < -0.4 is 10.6 Å². The van der Waals surface area contributed by atoms with E-state index in [9.17, 15) is 32.3 Å². The second-order valence-corrected chi connectivity index (χ2v) is 7.50. The Hall–Kier alpha value is -3.76. The lowest BCUT2D eigenvalue weighted by atomic mass is 10.0. The summed E-state index contributed by atoms with van der Waals surface area (Å²) in [6.07, 6.45) is -2.06. The summed E-state index contributed by atoms with van der Waals surface area (Å²) in [5, 5.41) is 4.17. The van der Waals surface area contributed by atoms with Crippen LogP contribution in [0.25, 0.3) is 0 Å². The Morgan fingerprint density at radius 1 is 1.16 bits per heavy atom. The van der Waals surface area contributed by atoms with E-state index < -0.39 is 41.9 Å². The third-order valence-electron chi connectivity index (χ3n) is 5.43. The van der Waals surface area contributed by atoms with Crippen molar-refractivity contribution in [2.75, 3.05) is 0 Å². The average molecular weight is 446 g/mol. The van der Waals surface area contributed by atoms with E-state index >= 15 is 0 Å². The number of halogens is 3. The molecule has 11 heteroatoms. The lowest BCUT2D eigenvalue weighted by molar-refractivity contribution is -0.155. The molecule has 4 rings (SSSR count). The van der Waals surface area contributed by atoms with Crippen LogP contribution in [0, 0.1) is 0 Å². The van der Waals surface area contributed by atoms with Gasteiger partial charge in [0.1, 0.15) is 6.04 Å². The fourth-order valence-electron chi connectivity index (χ4n) is 3.84. The molecule has 2 aliphatic rings. The number of alkyl halides is 3. The monoisotopic (exact) mass is 446 g/mol. The first kappa shape index (κ1) is 21.5. The lowest BCUT2D eigenvalue weighted by Crippen LogP contribution is -2.52. The molecular formula is C21H17F3N4O4. The number of aromatic nitrogens is 1. The Balaban J connectivity index is 1.54. The van der Waals surface area contributed by atoms with E-state index in [-0.39, 0.29) is 36.1 Å². The third kappa shape index (κ3) is 4.05. The highest BCUT2D eigenvalue weighted by Crippen LogP contribution is 2.33. The molecule has 0 spiro atoms. The first-order valence-corrected chi connectivity index (χ1v) is 9.70. The minimum absolute atomic E-state index is 0.00855. The second kappa shape index (κ2) is 8.06. The number of pyridine rings is 1. The van der Waals surface area contributed by atoms with Gasteiger partial charge in [-0.3, -0.25) is 29.5 Å². The Kier molecular flexibility index (Phi) is 5.41. The number of benzene rings is 1. The fourth-order valence-corrected chi connectivity index (χ4v) is 3.84. The Morgan fingerprint density at radius 2 is 1.88 bits per heavy atom. The molecule has 0 radical (unpaired) electrons. The highest BCUT2D eigenvalue weighted by molar-refractivity contribution is 6.06. The number of fused-ring (bicyclic) bond motifs is 1. The van der Waals surface area contributed by atoms with Crippen molar-refractivity contribution in [1.82, 2.24) is 20.5 Å². The smallest absolute Gasteiger partial charge is 0.337 e. The maximum Gasteiger partial charge on any atom is 0.412 e. The van der Waals surface area contributed by atoms with Gasteiger partial charge in [0.2, 0.25) is 11.8 Å². The number of hydrogen-bond acceptors (Lipinski definition) is 5. The molecule has 8 nitrogen and oxygen atoms in total. The van der Waals surface area contributed by atoms with Gasteiger partial charge in [0.05, 0.1) is 0 Å². The van der Waals surface area contributed by atoms with Crippen molar-refractivity contribution in [2.45, 2.75) is 37.6 Å². The van der Waals surface area contributed by atoms with E-state index in [0.717, 1.165) is 12.1 Å². The van der Waals surface area contributed by atoms with E-state index in [1.807, 2.05) is 5.32 Å². The molecule has 1 saturated heterocycles. The molecule has 166 valence electrons. The minimum Gasteiger partial charge on any atom is -0.337 e. The lowest BCUT2D eigenvalue weighted by Gasteiger charge is -2.29. The quantitative estimate of drug-likeness (QED) is 0.698. The van der Waals surface area contributed by atoms with Crippen molar-refractivity contribution in [3.63, 3.8) is 0 Å². The van der Waals surface area contributed by atoms with Crippen LogP contribution in [0.1, 0.15) is 50.7 Å². The van der Waals surface area contributed by atoms with E-state index in [1.54, 1.807) is 0 Å². The molecule has 0 aliphatic carbocycles. The molecule has 4 amide bonds. The number of amides is 4. The number of piperidine rings is 1. The van der Waals surface area contributed by atoms with Gasteiger partial charge in [-0.15, -0.1) is 0 Å². The topological polar surface area (TPSA) is 108 Å². The van der Waals surface area contributed by atoms with Crippen LogP contribution >= 0.6 is 0 Å². The van der Waals surface area contributed by atoms with Gasteiger partial charge >= 0.3 is 6.18 Å². The first-order chi connectivity index (χ1) is 15.1. The van der Waals surface area contributed by atoms with Gasteiger partial charge in [-0.1, -0.05) is 0 Å². The zero-order chi connectivity index (χ0) is 23.0. The molecule has 1 aromatic carbocycles. The van der Waals surface area contributed by atoms with Crippen LogP contribution in [0.5, 0.6) is 0 Å². The van der Waals surface area contributed by atoms with Crippen LogP contribution in [0.2, 0.25) is 0 Å². The number of carbonyl (C=O) groups is 4. The summed E-state index contributed by atoms with van der Waals surface area (Å²) in [4.78, 5) is 53.7. The molecule has 32 heavy (non-hydrogen) atoms. The Labute approximate surface area is 179 Å². The molecular weight excluding hydrogens is 429 g/mol. The number of carbonyl (C=O) groups excluding carboxylic acids is 4. The fraction of sp³-hybridized carbons (Fsp3) is 0.286. The Morgan fingerprint density at radius 3 is 2.53 bits per heavy atom. The zero-order valence-electron chi connectivity index (χ0n) is 16.5. The van der Waals surface area contributed by atoms with Gasteiger partial charge in [0.15, 0.2) is 6.04 Å². The molecule has 2 N–H and O–H groups in total. The third-order valence-corrected chi connectivity index (χ3v) is 5.43. The van der Waals surface area contributed by atoms with Crippen LogP contribution in [0.3, 0.4) is 0 Å². The molecule has 1 unspecified atom stereocenters. The molecule has 2 aromatic rings. The number of hydrogen-bond donors (Lipinski definition) is 2. The van der Waals surface area contributed by atoms with E-state index in [0.29, 0.717) is 5.56 Å². The summed E-state index contributed by atoms with van der Waals surface area (Å²) in [6, 6.07) is 3.23. The molecule has 1 aromatic heterocycles. The maximum atomic E-state index is 13.5. The summed E-state index contributed by atoms with van der Waals surface area (Å²) in [5.74, 6) is -2.39. The number of rotatable bonds is 4. The van der Waals surface area contributed by atoms with Crippen molar-refractivity contribution >= 4 is 23.6 Å². The molecule has 0 bridgehead atoms. The van der Waals surface area contributed by atoms with Crippen LogP contribution in [0.15, 0.2) is 42.7 Å². The van der Waals surface area contributed by atoms with Crippen LogP contribution in [0.4, 0.5) is 13.2 Å². The summed E-state index contributed by atoms with van der Waals surface area (Å²) in [7, 11) is 0. The van der Waals surface area contributed by atoms with Crippen molar-refractivity contribution in [3.05, 3.63) is 65.0 Å². The van der Waals surface area contributed by atoms with Crippen molar-refractivity contribution in [2.24, 2.45) is 0 Å². The molecule has 2 aliphatic heterocycles. The second-order valence-electron chi connectivity index (χ2n) is 7.50. The van der Waals surface area contributed by atoms with Gasteiger partial charge in [0, 0.05) is 36.5 Å². The highest BCUT2D eigenvalue weighted by atomic mass is 19.4. The van der Waals surface area contributed by atoms with E-state index in [1.165, 1.54) is 35.5 Å². The van der Waals surface area contributed by atoms with Gasteiger partial charge in [-0.2, -0.15) is 13.2 Å². The van der Waals surface area contributed by atoms with Gasteiger partial charge in [-0.25, -0.2) is 0 Å². The van der Waals surface area contributed by atoms with Crippen LogP contribution in [-0.4, -0.2) is 45.7 Å². The van der Waals surface area contributed by atoms with Gasteiger partial charge in [-0.05, 0) is 47.9 Å². The number of nitrogens with one attached hydrogen (secondary N) is 2. The SMILES string of the molecule is O=C1CCC(N2Cc3cc(C(=O)N[C@H](c4ccncc4)C(F)(F)F)ccc3C2=O)C(=O)N1. The van der Waals surface area contributed by atoms with E-state index in [2.05, 4.69) is 10.3 Å². The predicted molar refractivity (Wildman–Crippen MR) is 103 cm³/mol. The normalized spacial score (nSPS) is 19.4. The first-order valence-electron chi connectivity index (χ1n) is 9.70. The number of imide groups is 1. The largest absolute Gasteiger partial charge is 0.412 e. The summed E-state index contributed by atoms with van der Waals surface area (Å²) in [5.41, 5.74) is 0.457. The van der Waals surface area contributed by atoms with Crippen molar-refractivity contribution < 1.29 is 32.3 Å². The van der Waals surface area contributed by atoms with Crippen molar-refractivity contribution in [1.29, 1.82) is 0 Å². The van der Waals surface area contributed by atoms with Crippen molar-refractivity contribution in [3.8, 4) is 0 Å². The summed E-state index contributed by atoms with van der Waals surface area (Å²) >= 11 is 0. The van der Waals surface area contributed by atoms with Gasteiger partial charge < -0.3 is 10.2 Å². The van der Waals surface area contributed by atoms with E-state index in [4.69, 9.17) is 0 Å². The Bertz CT molecular complexity index is 1100. The maximum absolute atomic E-state index is 13.5.